The highest BCUT2D eigenvalue weighted by atomic mass is 35.5. The molecule has 2 aromatic rings. The maximum absolute atomic E-state index is 13.3. The van der Waals surface area contributed by atoms with Crippen LogP contribution < -0.4 is 5.73 Å². The second kappa shape index (κ2) is 8.16. The molecule has 1 aliphatic carbocycles. The fourth-order valence-corrected chi connectivity index (χ4v) is 4.98. The zero-order chi connectivity index (χ0) is 22.2. The van der Waals surface area contributed by atoms with Gasteiger partial charge in [0.1, 0.15) is 6.04 Å². The molecule has 1 amide bonds. The van der Waals surface area contributed by atoms with E-state index >= 15 is 0 Å². The van der Waals surface area contributed by atoms with E-state index in [4.69, 9.17) is 21.9 Å². The van der Waals surface area contributed by atoms with Crippen molar-refractivity contribution in [2.45, 2.75) is 48.2 Å². The molecule has 1 aromatic carbocycles. The number of nitrogens with zero attached hydrogens (tertiary/aromatic N) is 3. The molecular formula is C17H18ClF3N4O4S. The molecule has 0 saturated heterocycles. The maximum atomic E-state index is 13.3. The van der Waals surface area contributed by atoms with Crippen LogP contribution in [0, 0.1) is 0 Å². The highest BCUT2D eigenvalue weighted by Crippen LogP contribution is 2.48. The lowest BCUT2D eigenvalue weighted by molar-refractivity contribution is -0.140. The van der Waals surface area contributed by atoms with Gasteiger partial charge in [0.05, 0.1) is 4.90 Å². The SMILES string of the molecule is NC(=O)[C@@H](CCC(F)(F)F)N(CC1(c2ncon2)CC1)S(=O)(=O)c1ccc(Cl)cc1. The minimum atomic E-state index is -4.59. The molecule has 0 radical (unpaired) electrons. The first kappa shape index (κ1) is 22.5. The molecular weight excluding hydrogens is 449 g/mol. The van der Waals surface area contributed by atoms with Crippen LogP contribution in [0.15, 0.2) is 40.1 Å². The lowest BCUT2D eigenvalue weighted by Crippen LogP contribution is -2.51. The standard InChI is InChI=1S/C17H18ClF3N4O4S/c18-11-1-3-12(4-2-11)30(27,28)25(13(14(22)26)5-6-17(19,20)21)9-16(7-8-16)15-23-10-29-24-15/h1-4,10,13H,5-9H2,(H2,22,26)/t13-/m1/s1. The van der Waals surface area contributed by atoms with E-state index in [1.165, 1.54) is 24.3 Å². The van der Waals surface area contributed by atoms with Crippen LogP contribution >= 0.6 is 11.6 Å². The van der Waals surface area contributed by atoms with Crippen LogP contribution in [0.1, 0.15) is 31.5 Å². The molecule has 0 unspecified atom stereocenters. The number of carbonyl (C=O) groups excluding carboxylic acids is 1. The van der Waals surface area contributed by atoms with Crippen molar-refractivity contribution in [3.05, 3.63) is 41.5 Å². The normalized spacial score (nSPS) is 17.1. The van der Waals surface area contributed by atoms with Gasteiger partial charge in [0.25, 0.3) is 0 Å². The summed E-state index contributed by atoms with van der Waals surface area (Å²) in [4.78, 5) is 15.8. The van der Waals surface area contributed by atoms with Crippen molar-refractivity contribution in [2.24, 2.45) is 5.73 Å². The molecule has 1 aromatic heterocycles. The fraction of sp³-hybridized carbons (Fsp3) is 0.471. The molecule has 2 N–H and O–H groups in total. The molecule has 13 heteroatoms. The van der Waals surface area contributed by atoms with Crippen LogP contribution in [-0.4, -0.2) is 47.5 Å². The summed E-state index contributed by atoms with van der Waals surface area (Å²) in [5.41, 5.74) is 4.48. The van der Waals surface area contributed by atoms with Gasteiger partial charge >= 0.3 is 6.18 Å². The van der Waals surface area contributed by atoms with Crippen molar-refractivity contribution in [3.8, 4) is 0 Å². The van der Waals surface area contributed by atoms with Crippen molar-refractivity contribution in [1.29, 1.82) is 0 Å². The number of nitrogens with two attached hydrogens (primary N) is 1. The molecule has 0 aliphatic heterocycles. The van der Waals surface area contributed by atoms with E-state index in [0.29, 0.717) is 17.1 Å². The van der Waals surface area contributed by atoms with Gasteiger partial charge in [-0.05, 0) is 43.5 Å². The van der Waals surface area contributed by atoms with Gasteiger partial charge in [-0.1, -0.05) is 16.8 Å². The Morgan fingerprint density at radius 3 is 2.40 bits per heavy atom. The van der Waals surface area contributed by atoms with Crippen LogP contribution in [0.3, 0.4) is 0 Å². The van der Waals surface area contributed by atoms with E-state index in [1.807, 2.05) is 0 Å². The van der Waals surface area contributed by atoms with Gasteiger partial charge in [-0.25, -0.2) is 8.42 Å². The molecule has 164 valence electrons. The number of rotatable bonds is 9. The summed E-state index contributed by atoms with van der Waals surface area (Å²) in [6.07, 6.45) is -4.75. The second-order valence-corrected chi connectivity index (χ2v) is 9.44. The van der Waals surface area contributed by atoms with Gasteiger partial charge < -0.3 is 10.3 Å². The summed E-state index contributed by atoms with van der Waals surface area (Å²) in [6.45, 7) is -0.317. The van der Waals surface area contributed by atoms with E-state index in [2.05, 4.69) is 10.1 Å². The van der Waals surface area contributed by atoms with Crippen molar-refractivity contribution >= 4 is 27.5 Å². The average Bonchev–Trinajstić information content (AvgIpc) is 3.21. The van der Waals surface area contributed by atoms with Gasteiger partial charge in [0, 0.05) is 23.4 Å². The Kier molecular flexibility index (Phi) is 6.12. The van der Waals surface area contributed by atoms with Crippen LogP contribution in [0.2, 0.25) is 5.02 Å². The lowest BCUT2D eigenvalue weighted by Gasteiger charge is -2.31. The molecule has 1 atom stereocenters. The maximum Gasteiger partial charge on any atom is 0.389 e. The average molecular weight is 467 g/mol. The topological polar surface area (TPSA) is 119 Å². The Bertz CT molecular complexity index is 993. The number of alkyl halides is 3. The predicted molar refractivity (Wildman–Crippen MR) is 98.8 cm³/mol. The fourth-order valence-electron chi connectivity index (χ4n) is 3.14. The number of sulfonamides is 1. The molecule has 1 heterocycles. The number of aromatic nitrogens is 2. The molecule has 3 rings (SSSR count). The van der Waals surface area contributed by atoms with Crippen LogP contribution in [0.25, 0.3) is 0 Å². The number of benzene rings is 1. The van der Waals surface area contributed by atoms with Crippen LogP contribution in [-0.2, 0) is 20.2 Å². The Morgan fingerprint density at radius 1 is 1.30 bits per heavy atom. The smallest absolute Gasteiger partial charge is 0.368 e. The Hall–Kier alpha value is -2.18. The van der Waals surface area contributed by atoms with E-state index in [9.17, 15) is 26.4 Å². The van der Waals surface area contributed by atoms with Gasteiger partial charge in [-0.15, -0.1) is 0 Å². The van der Waals surface area contributed by atoms with Crippen LogP contribution in [0.5, 0.6) is 0 Å². The first-order chi connectivity index (χ1) is 13.9. The number of carbonyl (C=O) groups is 1. The molecule has 0 bridgehead atoms. The number of primary amides is 1. The lowest BCUT2D eigenvalue weighted by atomic mass is 10.0. The van der Waals surface area contributed by atoms with Crippen molar-refractivity contribution in [1.82, 2.24) is 14.4 Å². The van der Waals surface area contributed by atoms with Gasteiger partial charge in [0.15, 0.2) is 5.82 Å². The Labute approximate surface area is 175 Å². The third-order valence-electron chi connectivity index (χ3n) is 4.95. The zero-order valence-corrected chi connectivity index (χ0v) is 17.0. The molecule has 0 spiro atoms. The zero-order valence-electron chi connectivity index (χ0n) is 15.5. The summed E-state index contributed by atoms with van der Waals surface area (Å²) in [5, 5.41) is 4.01. The number of hydrogen-bond acceptors (Lipinski definition) is 6. The second-order valence-electron chi connectivity index (χ2n) is 7.11. The molecule has 8 nitrogen and oxygen atoms in total. The van der Waals surface area contributed by atoms with Gasteiger partial charge in [0.2, 0.25) is 22.3 Å². The summed E-state index contributed by atoms with van der Waals surface area (Å²) in [6, 6.07) is 3.36. The molecule has 1 saturated carbocycles. The monoisotopic (exact) mass is 466 g/mol. The Morgan fingerprint density at radius 2 is 1.93 bits per heavy atom. The third-order valence-corrected chi connectivity index (χ3v) is 7.07. The minimum absolute atomic E-state index is 0.220. The summed E-state index contributed by atoms with van der Waals surface area (Å²) in [7, 11) is -4.39. The minimum Gasteiger partial charge on any atom is -0.368 e. The first-order valence-electron chi connectivity index (χ1n) is 8.85. The van der Waals surface area contributed by atoms with E-state index in [1.54, 1.807) is 0 Å². The van der Waals surface area contributed by atoms with Crippen LogP contribution in [0.4, 0.5) is 13.2 Å². The summed E-state index contributed by atoms with van der Waals surface area (Å²) < 4.78 is 70.5. The highest BCUT2D eigenvalue weighted by Gasteiger charge is 2.53. The van der Waals surface area contributed by atoms with Crippen molar-refractivity contribution < 1.29 is 30.9 Å². The highest BCUT2D eigenvalue weighted by molar-refractivity contribution is 7.89. The van der Waals surface area contributed by atoms with E-state index in [-0.39, 0.29) is 22.3 Å². The van der Waals surface area contributed by atoms with Crippen molar-refractivity contribution in [2.75, 3.05) is 6.54 Å². The number of amides is 1. The summed E-state index contributed by atoms with van der Waals surface area (Å²) in [5.74, 6) is -0.960. The molecule has 1 fully saturated rings. The largest absolute Gasteiger partial charge is 0.389 e. The quantitative estimate of drug-likeness (QED) is 0.606. The molecule has 30 heavy (non-hydrogen) atoms. The van der Waals surface area contributed by atoms with E-state index in [0.717, 1.165) is 6.39 Å². The van der Waals surface area contributed by atoms with Gasteiger partial charge in [-0.2, -0.15) is 22.5 Å². The number of halogens is 4. The predicted octanol–water partition coefficient (Wildman–Crippen LogP) is 2.64. The summed E-state index contributed by atoms with van der Waals surface area (Å²) >= 11 is 5.80. The Balaban J connectivity index is 2.01. The molecule has 1 aliphatic rings. The third kappa shape index (κ3) is 4.93. The number of hydrogen-bond donors (Lipinski definition) is 1. The van der Waals surface area contributed by atoms with E-state index < -0.39 is 46.4 Å². The first-order valence-corrected chi connectivity index (χ1v) is 10.7. The van der Waals surface area contributed by atoms with Gasteiger partial charge in [-0.3, -0.25) is 4.79 Å². The van der Waals surface area contributed by atoms with Crippen molar-refractivity contribution in [3.63, 3.8) is 0 Å².